The summed E-state index contributed by atoms with van der Waals surface area (Å²) in [4.78, 5) is 7.13. The molecule has 0 aliphatic heterocycles. The minimum Gasteiger partial charge on any atom is -0.456 e. The van der Waals surface area contributed by atoms with Crippen LogP contribution in [0.15, 0.2) is 191 Å². The molecule has 51 heavy (non-hydrogen) atoms. The molecule has 0 saturated heterocycles. The number of rotatable bonds is 6. The van der Waals surface area contributed by atoms with Crippen LogP contribution < -0.4 is 4.90 Å². The molecule has 0 fully saturated rings. The third kappa shape index (κ3) is 4.96. The number of furan rings is 1. The van der Waals surface area contributed by atoms with E-state index in [1.54, 1.807) is 0 Å². The topological polar surface area (TPSA) is 42.4 Å². The van der Waals surface area contributed by atoms with Crippen LogP contribution in [0.1, 0.15) is 0 Å². The lowest BCUT2D eigenvalue weighted by atomic mass is 9.97. The fourth-order valence-electron chi connectivity index (χ4n) is 7.30. The normalized spacial score (nSPS) is 11.5. The van der Waals surface area contributed by atoms with Gasteiger partial charge in [-0.25, -0.2) is 4.98 Å². The smallest absolute Gasteiger partial charge is 0.227 e. The molecule has 0 aliphatic carbocycles. The van der Waals surface area contributed by atoms with Gasteiger partial charge in [-0.15, -0.1) is 0 Å². The van der Waals surface area contributed by atoms with Crippen LogP contribution >= 0.6 is 0 Å². The fraction of sp³-hybridized carbons (Fsp3) is 0. The van der Waals surface area contributed by atoms with Crippen LogP contribution in [0.25, 0.3) is 77.5 Å². The molecule has 0 amide bonds. The van der Waals surface area contributed by atoms with Crippen LogP contribution in [0.5, 0.6) is 0 Å². The van der Waals surface area contributed by atoms with E-state index in [9.17, 15) is 0 Å². The number of fused-ring (bicyclic) bond motifs is 6. The Labute approximate surface area is 294 Å². The quantitative estimate of drug-likeness (QED) is 0.179. The maximum absolute atomic E-state index is 6.38. The van der Waals surface area contributed by atoms with Gasteiger partial charge in [0.2, 0.25) is 5.89 Å². The lowest BCUT2D eigenvalue weighted by Crippen LogP contribution is -2.11. The molecule has 10 rings (SSSR count). The zero-order chi connectivity index (χ0) is 33.7. The average Bonchev–Trinajstić information content (AvgIpc) is 3.81. The van der Waals surface area contributed by atoms with Crippen molar-refractivity contribution in [3.63, 3.8) is 0 Å². The zero-order valence-electron chi connectivity index (χ0n) is 27.5. The van der Waals surface area contributed by atoms with E-state index in [0.29, 0.717) is 5.89 Å². The number of benzene rings is 8. The molecule has 8 aromatic carbocycles. The molecule has 0 spiro atoms. The van der Waals surface area contributed by atoms with Gasteiger partial charge >= 0.3 is 0 Å². The molecule has 0 atom stereocenters. The summed E-state index contributed by atoms with van der Waals surface area (Å²) in [7, 11) is 0. The minimum atomic E-state index is 0.629. The number of hydrogen-bond donors (Lipinski definition) is 0. The molecule has 0 N–H and O–H groups in total. The Morgan fingerprint density at radius 3 is 1.86 bits per heavy atom. The first kappa shape index (κ1) is 29.0. The lowest BCUT2D eigenvalue weighted by Gasteiger charge is -2.28. The highest BCUT2D eigenvalue weighted by Gasteiger charge is 2.20. The molecule has 10 aromatic rings. The van der Waals surface area contributed by atoms with Gasteiger partial charge in [0.15, 0.2) is 5.58 Å². The van der Waals surface area contributed by atoms with Crippen molar-refractivity contribution in [1.82, 2.24) is 4.98 Å². The van der Waals surface area contributed by atoms with E-state index < -0.39 is 0 Å². The Morgan fingerprint density at radius 2 is 1.02 bits per heavy atom. The monoisotopic (exact) mass is 654 g/mol. The highest BCUT2D eigenvalue weighted by atomic mass is 16.3. The number of aromatic nitrogens is 1. The highest BCUT2D eigenvalue weighted by Crippen LogP contribution is 2.43. The van der Waals surface area contributed by atoms with Crippen molar-refractivity contribution in [3.05, 3.63) is 182 Å². The minimum absolute atomic E-state index is 0.629. The Hall–Kier alpha value is -6.91. The van der Waals surface area contributed by atoms with Crippen molar-refractivity contribution in [1.29, 1.82) is 0 Å². The molecule has 0 saturated carbocycles. The van der Waals surface area contributed by atoms with E-state index in [0.717, 1.165) is 88.7 Å². The largest absolute Gasteiger partial charge is 0.456 e. The maximum Gasteiger partial charge on any atom is 0.227 e. The molecule has 4 nitrogen and oxygen atoms in total. The van der Waals surface area contributed by atoms with Gasteiger partial charge in [-0.05, 0) is 76.7 Å². The summed E-state index contributed by atoms with van der Waals surface area (Å²) in [6, 6.07) is 63.4. The Bertz CT molecular complexity index is 2850. The summed E-state index contributed by atoms with van der Waals surface area (Å²) in [6.07, 6.45) is 0. The summed E-state index contributed by atoms with van der Waals surface area (Å²) in [5.74, 6) is 0.629. The predicted molar refractivity (Wildman–Crippen MR) is 210 cm³/mol. The van der Waals surface area contributed by atoms with Crippen molar-refractivity contribution >= 4 is 60.9 Å². The zero-order valence-corrected chi connectivity index (χ0v) is 27.5. The maximum atomic E-state index is 6.38. The van der Waals surface area contributed by atoms with Gasteiger partial charge in [0.25, 0.3) is 0 Å². The average molecular weight is 655 g/mol. The molecule has 0 radical (unpaired) electrons. The van der Waals surface area contributed by atoms with E-state index in [-0.39, 0.29) is 0 Å². The third-order valence-electron chi connectivity index (χ3n) is 9.72. The van der Waals surface area contributed by atoms with Crippen molar-refractivity contribution in [2.24, 2.45) is 0 Å². The van der Waals surface area contributed by atoms with Gasteiger partial charge < -0.3 is 13.7 Å². The molecular formula is C47H30N2O2. The van der Waals surface area contributed by atoms with Crippen LogP contribution in [-0.2, 0) is 0 Å². The van der Waals surface area contributed by atoms with Gasteiger partial charge in [0.05, 0.1) is 5.69 Å². The van der Waals surface area contributed by atoms with Crippen LogP contribution in [0.2, 0.25) is 0 Å². The highest BCUT2D eigenvalue weighted by molar-refractivity contribution is 6.09. The standard InChI is InChI=1S/C47H30N2O2/c1-3-12-31(13-4-1)37-16-7-9-20-43(37)49(35-26-27-40-39-17-8-10-21-44(39)50-45(40)30-35)34-24-22-32(23-25-34)36-18-11-19-41-38(36)28-29-42-46(41)51-47(48-42)33-14-5-2-6-15-33/h1-30H. The fourth-order valence-corrected chi connectivity index (χ4v) is 7.30. The summed E-state index contributed by atoms with van der Waals surface area (Å²) in [5, 5.41) is 4.39. The summed E-state index contributed by atoms with van der Waals surface area (Å²) in [5.41, 5.74) is 12.1. The molecule has 2 aromatic heterocycles. The van der Waals surface area contributed by atoms with Crippen LogP contribution in [0.4, 0.5) is 17.1 Å². The van der Waals surface area contributed by atoms with Crippen molar-refractivity contribution in [3.8, 4) is 33.7 Å². The van der Waals surface area contributed by atoms with Gasteiger partial charge in [-0.2, -0.15) is 0 Å². The molecule has 0 bridgehead atoms. The van der Waals surface area contributed by atoms with Gasteiger partial charge in [0, 0.05) is 44.7 Å². The van der Waals surface area contributed by atoms with Crippen molar-refractivity contribution < 1.29 is 8.83 Å². The van der Waals surface area contributed by atoms with E-state index in [2.05, 4.69) is 144 Å². The van der Waals surface area contributed by atoms with Crippen LogP contribution in [0.3, 0.4) is 0 Å². The summed E-state index contributed by atoms with van der Waals surface area (Å²) < 4.78 is 12.7. The van der Waals surface area contributed by atoms with E-state index in [1.807, 2.05) is 42.5 Å². The second-order valence-electron chi connectivity index (χ2n) is 12.7. The first-order valence-electron chi connectivity index (χ1n) is 17.1. The molecule has 2 heterocycles. The summed E-state index contributed by atoms with van der Waals surface area (Å²) in [6.45, 7) is 0. The predicted octanol–water partition coefficient (Wildman–Crippen LogP) is 13.4. The molecule has 0 aliphatic rings. The van der Waals surface area contributed by atoms with Crippen molar-refractivity contribution in [2.45, 2.75) is 0 Å². The van der Waals surface area contributed by atoms with Gasteiger partial charge in [-0.3, -0.25) is 0 Å². The SMILES string of the molecule is c1ccc(-c2nc3ccc4c(-c5ccc(N(c6ccc7c(c6)oc6ccccc67)c6ccccc6-c6ccccc6)cc5)cccc4c3o2)cc1. The van der Waals surface area contributed by atoms with Gasteiger partial charge in [0.1, 0.15) is 16.7 Å². The van der Waals surface area contributed by atoms with Crippen LogP contribution in [0, 0.1) is 0 Å². The number of anilines is 3. The second-order valence-corrected chi connectivity index (χ2v) is 12.7. The Kier molecular flexibility index (Phi) is 6.78. The van der Waals surface area contributed by atoms with E-state index in [4.69, 9.17) is 13.8 Å². The van der Waals surface area contributed by atoms with Crippen LogP contribution in [-0.4, -0.2) is 4.98 Å². The first-order valence-corrected chi connectivity index (χ1v) is 17.1. The molecular weight excluding hydrogens is 625 g/mol. The number of hydrogen-bond acceptors (Lipinski definition) is 4. The molecule has 4 heteroatoms. The van der Waals surface area contributed by atoms with E-state index >= 15 is 0 Å². The van der Waals surface area contributed by atoms with Gasteiger partial charge in [-0.1, -0.05) is 121 Å². The number of nitrogens with zero attached hydrogens (tertiary/aromatic N) is 2. The third-order valence-corrected chi connectivity index (χ3v) is 9.72. The lowest BCUT2D eigenvalue weighted by molar-refractivity contribution is 0.623. The Morgan fingerprint density at radius 1 is 0.392 bits per heavy atom. The number of oxazole rings is 1. The molecule has 240 valence electrons. The Balaban J connectivity index is 1.10. The number of para-hydroxylation sites is 2. The summed E-state index contributed by atoms with van der Waals surface area (Å²) >= 11 is 0. The second kappa shape index (κ2) is 11.9. The first-order chi connectivity index (χ1) is 25.3. The van der Waals surface area contributed by atoms with E-state index in [1.165, 1.54) is 0 Å². The van der Waals surface area contributed by atoms with Crippen molar-refractivity contribution in [2.75, 3.05) is 4.90 Å². The molecule has 0 unspecified atom stereocenters.